The monoisotopic (exact) mass is 488 g/mol. The Labute approximate surface area is 201 Å². The number of halogens is 2. The quantitative estimate of drug-likeness (QED) is 0.636. The molecule has 1 amide bonds. The van der Waals surface area contributed by atoms with Crippen LogP contribution in [-0.4, -0.2) is 59.0 Å². The van der Waals surface area contributed by atoms with Crippen LogP contribution in [0.2, 0.25) is 0 Å². The Morgan fingerprint density at radius 3 is 2.43 bits per heavy atom. The second kappa shape index (κ2) is 9.62. The third kappa shape index (κ3) is 5.59. The molecule has 1 aromatic heterocycles. The second-order valence-electron chi connectivity index (χ2n) is 9.58. The molecule has 3 heterocycles. The van der Waals surface area contributed by atoms with Gasteiger partial charge in [-0.2, -0.15) is 19.6 Å². The lowest BCUT2D eigenvalue weighted by atomic mass is 9.84. The van der Waals surface area contributed by atoms with Gasteiger partial charge in [-0.25, -0.2) is 9.18 Å². The van der Waals surface area contributed by atoms with E-state index in [1.54, 1.807) is 25.7 Å². The van der Waals surface area contributed by atoms with Crippen LogP contribution in [0, 0.1) is 41.7 Å². The highest BCUT2D eigenvalue weighted by Crippen LogP contribution is 2.35. The van der Waals surface area contributed by atoms with Crippen LogP contribution in [0.4, 0.5) is 13.6 Å². The van der Waals surface area contributed by atoms with Gasteiger partial charge in [-0.05, 0) is 45.9 Å². The van der Waals surface area contributed by atoms with Crippen LogP contribution in [-0.2, 0) is 9.47 Å². The zero-order valence-corrected chi connectivity index (χ0v) is 19.9. The lowest BCUT2D eigenvalue weighted by molar-refractivity contribution is -0.114. The standard InChI is InChI=1S/C24H26F2N4O5/c1-13-28-21(33-18-6-5-14(8-27)7-17(18)25)19(26)22(29-13)34-20-15-9-30(10-16(20)12-32-11-15)23(31)35-24(2,3)4/h5-7,15-16,20H,9-12H2,1-4H3. The van der Waals surface area contributed by atoms with Gasteiger partial charge in [0.15, 0.2) is 11.6 Å². The molecule has 9 nitrogen and oxygen atoms in total. The molecule has 2 aromatic rings. The van der Waals surface area contributed by atoms with Crippen molar-refractivity contribution in [1.29, 1.82) is 5.26 Å². The number of nitriles is 1. The van der Waals surface area contributed by atoms with Crippen molar-refractivity contribution in [2.24, 2.45) is 11.8 Å². The summed E-state index contributed by atoms with van der Waals surface area (Å²) >= 11 is 0. The molecule has 0 aliphatic carbocycles. The Balaban J connectivity index is 1.53. The first-order valence-corrected chi connectivity index (χ1v) is 11.2. The van der Waals surface area contributed by atoms with Gasteiger partial charge in [0.25, 0.3) is 11.8 Å². The number of amides is 1. The summed E-state index contributed by atoms with van der Waals surface area (Å²) in [6, 6.07) is 5.37. The van der Waals surface area contributed by atoms with E-state index in [1.165, 1.54) is 19.1 Å². The highest BCUT2D eigenvalue weighted by atomic mass is 19.1. The van der Waals surface area contributed by atoms with Crippen molar-refractivity contribution in [2.45, 2.75) is 39.4 Å². The van der Waals surface area contributed by atoms with E-state index < -0.39 is 35.3 Å². The molecular weight excluding hydrogens is 462 g/mol. The zero-order valence-electron chi connectivity index (χ0n) is 19.9. The molecule has 1 aromatic carbocycles. The molecule has 2 aliphatic heterocycles. The van der Waals surface area contributed by atoms with Crippen molar-refractivity contribution in [3.8, 4) is 23.6 Å². The molecule has 35 heavy (non-hydrogen) atoms. The van der Waals surface area contributed by atoms with Gasteiger partial charge < -0.3 is 23.8 Å². The Bertz CT molecular complexity index is 1150. The van der Waals surface area contributed by atoms with E-state index in [9.17, 15) is 9.18 Å². The molecule has 2 fully saturated rings. The van der Waals surface area contributed by atoms with Crippen LogP contribution in [0.25, 0.3) is 0 Å². The van der Waals surface area contributed by atoms with E-state index in [0.717, 1.165) is 6.07 Å². The number of nitrogens with zero attached hydrogens (tertiary/aromatic N) is 4. The maximum Gasteiger partial charge on any atom is 0.410 e. The Kier molecular flexibility index (Phi) is 6.76. The van der Waals surface area contributed by atoms with Gasteiger partial charge >= 0.3 is 6.09 Å². The fraction of sp³-hybridized carbons (Fsp3) is 0.500. The Morgan fingerprint density at radius 1 is 1.17 bits per heavy atom. The summed E-state index contributed by atoms with van der Waals surface area (Å²) in [5.41, 5.74) is -0.521. The van der Waals surface area contributed by atoms with Crippen molar-refractivity contribution >= 4 is 6.09 Å². The van der Waals surface area contributed by atoms with Crippen molar-refractivity contribution in [2.75, 3.05) is 26.3 Å². The van der Waals surface area contributed by atoms with E-state index in [0.29, 0.717) is 26.3 Å². The maximum absolute atomic E-state index is 15.3. The number of piperidine rings is 1. The number of carbonyl (C=O) groups is 1. The number of hydrogen-bond donors (Lipinski definition) is 0. The topological polar surface area (TPSA) is 107 Å². The molecule has 0 radical (unpaired) electrons. The molecule has 2 aliphatic rings. The van der Waals surface area contributed by atoms with E-state index >= 15 is 4.39 Å². The number of aromatic nitrogens is 2. The molecule has 186 valence electrons. The summed E-state index contributed by atoms with van der Waals surface area (Å²) in [4.78, 5) is 22.2. The third-order valence-corrected chi connectivity index (χ3v) is 5.57. The lowest BCUT2D eigenvalue weighted by Gasteiger charge is -2.46. The summed E-state index contributed by atoms with van der Waals surface area (Å²) in [6.45, 7) is 8.22. The summed E-state index contributed by atoms with van der Waals surface area (Å²) in [5, 5.41) is 8.89. The molecule has 0 saturated carbocycles. The van der Waals surface area contributed by atoms with Crippen molar-refractivity contribution in [1.82, 2.24) is 14.9 Å². The Hall–Kier alpha value is -3.52. The summed E-state index contributed by atoms with van der Waals surface area (Å²) in [6.07, 6.45) is -0.886. The summed E-state index contributed by atoms with van der Waals surface area (Å²) < 4.78 is 52.0. The maximum atomic E-state index is 15.3. The first-order valence-electron chi connectivity index (χ1n) is 11.2. The van der Waals surface area contributed by atoms with E-state index in [1.807, 2.05) is 6.07 Å². The predicted octanol–water partition coefficient (Wildman–Crippen LogP) is 3.99. The van der Waals surface area contributed by atoms with Crippen LogP contribution in [0.5, 0.6) is 17.5 Å². The van der Waals surface area contributed by atoms with Gasteiger partial charge in [-0.1, -0.05) is 0 Å². The SMILES string of the molecule is Cc1nc(Oc2ccc(C#N)cc2F)c(F)c(OC2C3COCC2CN(C(=O)OC(C)(C)C)C3)n1. The van der Waals surface area contributed by atoms with Crippen LogP contribution in [0.1, 0.15) is 32.2 Å². The van der Waals surface area contributed by atoms with Crippen molar-refractivity contribution in [3.63, 3.8) is 0 Å². The number of likely N-dealkylation sites (tertiary alicyclic amines) is 1. The van der Waals surface area contributed by atoms with E-state index in [-0.39, 0.29) is 34.9 Å². The van der Waals surface area contributed by atoms with Crippen LogP contribution in [0.3, 0.4) is 0 Å². The number of carbonyl (C=O) groups excluding carboxylic acids is 1. The number of ether oxygens (including phenoxy) is 4. The summed E-state index contributed by atoms with van der Waals surface area (Å²) in [7, 11) is 0. The van der Waals surface area contributed by atoms with Crippen LogP contribution < -0.4 is 9.47 Å². The molecule has 0 N–H and O–H groups in total. The number of fused-ring (bicyclic) bond motifs is 2. The van der Waals surface area contributed by atoms with Gasteiger partial charge in [-0.3, -0.25) is 0 Å². The average Bonchev–Trinajstić information content (AvgIpc) is 2.76. The van der Waals surface area contributed by atoms with Crippen LogP contribution in [0.15, 0.2) is 18.2 Å². The molecule has 2 atom stereocenters. The van der Waals surface area contributed by atoms with Gasteiger partial charge in [0.1, 0.15) is 17.5 Å². The minimum atomic E-state index is -0.979. The third-order valence-electron chi connectivity index (χ3n) is 5.57. The smallest absolute Gasteiger partial charge is 0.410 e. The molecule has 4 rings (SSSR count). The lowest BCUT2D eigenvalue weighted by Crippen LogP contribution is -2.59. The fourth-order valence-electron chi connectivity index (χ4n) is 4.11. The molecular formula is C24H26F2N4O5. The van der Waals surface area contributed by atoms with Crippen molar-refractivity contribution in [3.05, 3.63) is 41.2 Å². The molecule has 0 spiro atoms. The van der Waals surface area contributed by atoms with Gasteiger partial charge in [-0.15, -0.1) is 0 Å². The molecule has 2 unspecified atom stereocenters. The van der Waals surface area contributed by atoms with Gasteiger partial charge in [0, 0.05) is 24.9 Å². The van der Waals surface area contributed by atoms with E-state index in [2.05, 4.69) is 9.97 Å². The average molecular weight is 488 g/mol. The first kappa shape index (κ1) is 24.6. The zero-order chi connectivity index (χ0) is 25.3. The first-order chi connectivity index (χ1) is 16.5. The van der Waals surface area contributed by atoms with Gasteiger partial charge in [0.2, 0.25) is 5.82 Å². The van der Waals surface area contributed by atoms with Gasteiger partial charge in [0.05, 0.1) is 24.8 Å². The number of aryl methyl sites for hydroxylation is 1. The van der Waals surface area contributed by atoms with Crippen LogP contribution >= 0.6 is 0 Å². The number of hydrogen-bond acceptors (Lipinski definition) is 8. The molecule has 2 bridgehead atoms. The Morgan fingerprint density at radius 2 is 1.83 bits per heavy atom. The van der Waals surface area contributed by atoms with E-state index in [4.69, 9.17) is 24.2 Å². The highest BCUT2D eigenvalue weighted by Gasteiger charge is 2.45. The second-order valence-corrected chi connectivity index (χ2v) is 9.58. The summed E-state index contributed by atoms with van der Waals surface area (Å²) in [5.74, 6) is -3.22. The largest absolute Gasteiger partial charge is 0.471 e. The number of rotatable bonds is 4. The number of benzene rings is 1. The minimum Gasteiger partial charge on any atom is -0.471 e. The predicted molar refractivity (Wildman–Crippen MR) is 118 cm³/mol. The molecule has 2 saturated heterocycles. The fourth-order valence-corrected chi connectivity index (χ4v) is 4.11. The van der Waals surface area contributed by atoms with Crippen molar-refractivity contribution < 1.29 is 32.5 Å². The highest BCUT2D eigenvalue weighted by molar-refractivity contribution is 5.68. The normalized spacial score (nSPS) is 21.7. The molecule has 11 heteroatoms. The minimum absolute atomic E-state index is 0.102.